The predicted molar refractivity (Wildman–Crippen MR) is 77.0 cm³/mol. The number of aromatic nitrogens is 1. The molecular formula is C13H17ClF3N3O2. The molecule has 2 rings (SSSR count). The standard InChI is InChI=1S/C13H16F3N3O2.ClH/c1-18-5-4-8(6-11(18)20)12(21)19-7-9(17)2-3-10(19)13(14,15)16;/h4-6,9-10H,2-3,7,17H2,1H3;1H. The van der Waals surface area contributed by atoms with E-state index in [-0.39, 0.29) is 37.4 Å². The number of nitrogens with zero attached hydrogens (tertiary/aromatic N) is 2. The lowest BCUT2D eigenvalue weighted by molar-refractivity contribution is -0.184. The number of pyridine rings is 1. The molecule has 0 bridgehead atoms. The maximum Gasteiger partial charge on any atom is 0.408 e. The number of halogens is 4. The summed E-state index contributed by atoms with van der Waals surface area (Å²) in [5.41, 5.74) is 5.17. The normalized spacial score (nSPS) is 22.1. The first-order chi connectivity index (χ1) is 9.70. The Hall–Kier alpha value is -1.54. The van der Waals surface area contributed by atoms with Gasteiger partial charge in [-0.1, -0.05) is 0 Å². The van der Waals surface area contributed by atoms with Crippen molar-refractivity contribution in [3.63, 3.8) is 0 Å². The van der Waals surface area contributed by atoms with Crippen LogP contribution in [0.15, 0.2) is 23.1 Å². The van der Waals surface area contributed by atoms with Crippen molar-refractivity contribution in [1.29, 1.82) is 0 Å². The minimum Gasteiger partial charge on any atom is -0.326 e. The van der Waals surface area contributed by atoms with E-state index in [0.29, 0.717) is 0 Å². The highest BCUT2D eigenvalue weighted by Gasteiger charge is 2.47. The molecule has 1 fully saturated rings. The van der Waals surface area contributed by atoms with Gasteiger partial charge in [0, 0.05) is 37.5 Å². The molecule has 2 heterocycles. The van der Waals surface area contributed by atoms with Crippen molar-refractivity contribution in [2.24, 2.45) is 12.8 Å². The zero-order valence-electron chi connectivity index (χ0n) is 11.8. The molecular weight excluding hydrogens is 323 g/mol. The second-order valence-corrected chi connectivity index (χ2v) is 5.22. The molecule has 0 aliphatic carbocycles. The quantitative estimate of drug-likeness (QED) is 0.838. The number of carbonyl (C=O) groups excluding carboxylic acids is 1. The minimum atomic E-state index is -4.50. The van der Waals surface area contributed by atoms with Crippen molar-refractivity contribution >= 4 is 18.3 Å². The molecule has 0 aromatic carbocycles. The van der Waals surface area contributed by atoms with Crippen LogP contribution >= 0.6 is 12.4 Å². The van der Waals surface area contributed by atoms with Gasteiger partial charge < -0.3 is 15.2 Å². The fraction of sp³-hybridized carbons (Fsp3) is 0.538. The summed E-state index contributed by atoms with van der Waals surface area (Å²) in [5, 5.41) is 0. The number of aryl methyl sites for hydroxylation is 1. The second kappa shape index (κ2) is 6.70. The van der Waals surface area contributed by atoms with Crippen LogP contribution in [0.5, 0.6) is 0 Å². The summed E-state index contributed by atoms with van der Waals surface area (Å²) in [6.45, 7) is -0.168. The molecule has 1 amide bonds. The van der Waals surface area contributed by atoms with E-state index in [2.05, 4.69) is 0 Å². The highest BCUT2D eigenvalue weighted by Crippen LogP contribution is 2.32. The van der Waals surface area contributed by atoms with Crippen molar-refractivity contribution in [1.82, 2.24) is 9.47 Å². The summed E-state index contributed by atoms with van der Waals surface area (Å²) < 4.78 is 40.3. The van der Waals surface area contributed by atoms with E-state index < -0.39 is 29.7 Å². The molecule has 0 saturated carbocycles. The Morgan fingerprint density at radius 3 is 2.55 bits per heavy atom. The third kappa shape index (κ3) is 3.80. The second-order valence-electron chi connectivity index (χ2n) is 5.22. The van der Waals surface area contributed by atoms with Gasteiger partial charge in [-0.3, -0.25) is 9.59 Å². The molecule has 22 heavy (non-hydrogen) atoms. The third-order valence-electron chi connectivity index (χ3n) is 3.61. The molecule has 1 aliphatic rings. The molecule has 1 aromatic heterocycles. The molecule has 5 nitrogen and oxygen atoms in total. The zero-order chi connectivity index (χ0) is 15.8. The topological polar surface area (TPSA) is 68.3 Å². The number of alkyl halides is 3. The minimum absolute atomic E-state index is 0. The van der Waals surface area contributed by atoms with Crippen LogP contribution in [0.1, 0.15) is 23.2 Å². The summed E-state index contributed by atoms with van der Waals surface area (Å²) in [5.74, 6) is -0.815. The largest absolute Gasteiger partial charge is 0.408 e. The van der Waals surface area contributed by atoms with Crippen LogP contribution in [-0.2, 0) is 7.05 Å². The summed E-state index contributed by atoms with van der Waals surface area (Å²) >= 11 is 0. The molecule has 1 aromatic rings. The predicted octanol–water partition coefficient (Wildman–Crippen LogP) is 1.30. The SMILES string of the molecule is Cl.Cn1ccc(C(=O)N2CC(N)CCC2C(F)(F)F)cc1=O. The van der Waals surface area contributed by atoms with E-state index >= 15 is 0 Å². The van der Waals surface area contributed by atoms with Gasteiger partial charge in [0.15, 0.2) is 0 Å². The first kappa shape index (κ1) is 18.5. The van der Waals surface area contributed by atoms with Gasteiger partial charge in [0.1, 0.15) is 6.04 Å². The van der Waals surface area contributed by atoms with Gasteiger partial charge in [-0.15, -0.1) is 12.4 Å². The molecule has 2 N–H and O–H groups in total. The van der Waals surface area contributed by atoms with Crippen molar-refractivity contribution in [2.45, 2.75) is 31.1 Å². The summed E-state index contributed by atoms with van der Waals surface area (Å²) in [4.78, 5) is 24.5. The lowest BCUT2D eigenvalue weighted by atomic mass is 9.97. The van der Waals surface area contributed by atoms with Crippen LogP contribution in [0, 0.1) is 0 Å². The number of nitrogens with two attached hydrogens (primary N) is 1. The van der Waals surface area contributed by atoms with Crippen LogP contribution in [0.25, 0.3) is 0 Å². The van der Waals surface area contributed by atoms with Gasteiger partial charge >= 0.3 is 6.18 Å². The van der Waals surface area contributed by atoms with Gasteiger partial charge in [-0.05, 0) is 18.9 Å². The molecule has 2 unspecified atom stereocenters. The van der Waals surface area contributed by atoms with Crippen LogP contribution in [0.3, 0.4) is 0 Å². The van der Waals surface area contributed by atoms with Crippen LogP contribution in [0.4, 0.5) is 13.2 Å². The maximum atomic E-state index is 13.0. The first-order valence-corrected chi connectivity index (χ1v) is 6.50. The Morgan fingerprint density at radius 2 is 2.00 bits per heavy atom. The lowest BCUT2D eigenvalue weighted by Crippen LogP contribution is -2.56. The summed E-state index contributed by atoms with van der Waals surface area (Å²) in [6, 6.07) is 0.0284. The highest BCUT2D eigenvalue weighted by molar-refractivity contribution is 5.94. The molecule has 2 atom stereocenters. The first-order valence-electron chi connectivity index (χ1n) is 6.50. The molecule has 124 valence electrons. The van der Waals surface area contributed by atoms with E-state index in [1.165, 1.54) is 23.9 Å². The van der Waals surface area contributed by atoms with Gasteiger partial charge in [0.05, 0.1) is 0 Å². The number of likely N-dealkylation sites (tertiary alicyclic amines) is 1. The van der Waals surface area contributed by atoms with Gasteiger partial charge in [0.2, 0.25) is 0 Å². The number of rotatable bonds is 1. The smallest absolute Gasteiger partial charge is 0.326 e. The number of hydrogen-bond donors (Lipinski definition) is 1. The van der Waals surface area contributed by atoms with Crippen molar-refractivity contribution < 1.29 is 18.0 Å². The van der Waals surface area contributed by atoms with E-state index in [1.54, 1.807) is 0 Å². The number of carbonyl (C=O) groups is 1. The van der Waals surface area contributed by atoms with Crippen LogP contribution in [0.2, 0.25) is 0 Å². The van der Waals surface area contributed by atoms with Crippen molar-refractivity contribution in [3.8, 4) is 0 Å². The fourth-order valence-corrected chi connectivity index (χ4v) is 2.41. The monoisotopic (exact) mass is 339 g/mol. The Kier molecular flexibility index (Phi) is 5.64. The third-order valence-corrected chi connectivity index (χ3v) is 3.61. The Balaban J connectivity index is 0.00000242. The van der Waals surface area contributed by atoms with E-state index in [4.69, 9.17) is 5.73 Å². The number of piperidine rings is 1. The number of hydrogen-bond acceptors (Lipinski definition) is 3. The highest BCUT2D eigenvalue weighted by atomic mass is 35.5. The maximum absolute atomic E-state index is 13.0. The van der Waals surface area contributed by atoms with Crippen LogP contribution in [-0.4, -0.2) is 40.2 Å². The van der Waals surface area contributed by atoms with E-state index in [0.717, 1.165) is 11.0 Å². The van der Waals surface area contributed by atoms with Gasteiger partial charge in [-0.2, -0.15) is 13.2 Å². The average molecular weight is 340 g/mol. The van der Waals surface area contributed by atoms with E-state index in [9.17, 15) is 22.8 Å². The molecule has 1 saturated heterocycles. The Morgan fingerprint density at radius 1 is 1.36 bits per heavy atom. The molecule has 9 heteroatoms. The molecule has 0 radical (unpaired) electrons. The van der Waals surface area contributed by atoms with Crippen molar-refractivity contribution in [2.75, 3.05) is 6.54 Å². The zero-order valence-corrected chi connectivity index (χ0v) is 12.7. The fourth-order valence-electron chi connectivity index (χ4n) is 2.41. The lowest BCUT2D eigenvalue weighted by Gasteiger charge is -2.39. The number of amides is 1. The van der Waals surface area contributed by atoms with E-state index in [1.807, 2.05) is 0 Å². The average Bonchev–Trinajstić information content (AvgIpc) is 2.39. The molecule has 0 spiro atoms. The van der Waals surface area contributed by atoms with Crippen LogP contribution < -0.4 is 11.3 Å². The molecule has 1 aliphatic heterocycles. The summed E-state index contributed by atoms with van der Waals surface area (Å²) in [7, 11) is 1.49. The summed E-state index contributed by atoms with van der Waals surface area (Å²) in [6.07, 6.45) is -3.16. The Bertz CT molecular complexity index is 603. The van der Waals surface area contributed by atoms with Crippen molar-refractivity contribution in [3.05, 3.63) is 34.2 Å². The van der Waals surface area contributed by atoms with Gasteiger partial charge in [0.25, 0.3) is 11.5 Å². The van der Waals surface area contributed by atoms with Gasteiger partial charge in [-0.25, -0.2) is 0 Å². The Labute approximate surface area is 131 Å².